The molecule has 0 spiro atoms. The molecule has 9 heteroatoms. The Labute approximate surface area is 127 Å². The zero-order valence-corrected chi connectivity index (χ0v) is 11.6. The fourth-order valence-corrected chi connectivity index (χ4v) is 1.79. The maximum absolute atomic E-state index is 13.4. The zero-order valence-electron chi connectivity index (χ0n) is 11.6. The molecule has 1 aromatic carbocycles. The lowest BCUT2D eigenvalue weighted by Crippen LogP contribution is -2.31. The SMILES string of the molecule is Cc1cc(C(F)(F)F)cc(NNC(=O)c2c(F)cccc2F)n1. The topological polar surface area (TPSA) is 54.0 Å². The van der Waals surface area contributed by atoms with Gasteiger partial charge in [-0.3, -0.25) is 15.6 Å². The van der Waals surface area contributed by atoms with Gasteiger partial charge in [0.05, 0.1) is 5.56 Å². The summed E-state index contributed by atoms with van der Waals surface area (Å²) in [5.74, 6) is -3.70. The van der Waals surface area contributed by atoms with Crippen LogP contribution in [0.3, 0.4) is 0 Å². The number of anilines is 1. The molecule has 0 unspecified atom stereocenters. The number of aromatic nitrogens is 1. The molecule has 1 aromatic heterocycles. The molecule has 4 nitrogen and oxygen atoms in total. The van der Waals surface area contributed by atoms with Gasteiger partial charge < -0.3 is 0 Å². The van der Waals surface area contributed by atoms with E-state index in [-0.39, 0.29) is 11.5 Å². The smallest absolute Gasteiger partial charge is 0.282 e. The third kappa shape index (κ3) is 3.93. The molecular formula is C14H10F5N3O. The summed E-state index contributed by atoms with van der Waals surface area (Å²) in [6.45, 7) is 1.33. The molecule has 0 aliphatic heterocycles. The second kappa shape index (κ2) is 6.19. The molecule has 1 heterocycles. The van der Waals surface area contributed by atoms with Crippen LogP contribution < -0.4 is 10.9 Å². The second-order valence-corrected chi connectivity index (χ2v) is 4.56. The Kier molecular flexibility index (Phi) is 4.48. The molecule has 0 atom stereocenters. The van der Waals surface area contributed by atoms with Crippen molar-refractivity contribution in [3.05, 3.63) is 58.8 Å². The number of hydrogen-bond donors (Lipinski definition) is 2. The molecule has 0 fully saturated rings. The minimum absolute atomic E-state index is 0.0497. The number of pyridine rings is 1. The highest BCUT2D eigenvalue weighted by atomic mass is 19.4. The summed E-state index contributed by atoms with van der Waals surface area (Å²) < 4.78 is 64.9. The van der Waals surface area contributed by atoms with Crippen molar-refractivity contribution in [3.8, 4) is 0 Å². The van der Waals surface area contributed by atoms with Crippen molar-refractivity contribution in [1.82, 2.24) is 10.4 Å². The molecule has 2 N–H and O–H groups in total. The molecule has 0 saturated carbocycles. The summed E-state index contributed by atoms with van der Waals surface area (Å²) in [7, 11) is 0. The molecule has 0 radical (unpaired) electrons. The van der Waals surface area contributed by atoms with Crippen LogP contribution in [0.5, 0.6) is 0 Å². The van der Waals surface area contributed by atoms with E-state index in [0.717, 1.165) is 24.3 Å². The van der Waals surface area contributed by atoms with E-state index in [9.17, 15) is 26.7 Å². The maximum atomic E-state index is 13.4. The van der Waals surface area contributed by atoms with Gasteiger partial charge in [0.25, 0.3) is 5.91 Å². The Morgan fingerprint density at radius 3 is 2.30 bits per heavy atom. The number of halogens is 5. The van der Waals surface area contributed by atoms with Gasteiger partial charge in [0, 0.05) is 5.69 Å². The van der Waals surface area contributed by atoms with Crippen LogP contribution in [-0.4, -0.2) is 10.9 Å². The molecule has 0 aliphatic carbocycles. The van der Waals surface area contributed by atoms with Crippen molar-refractivity contribution in [2.24, 2.45) is 0 Å². The average molecular weight is 331 g/mol. The number of rotatable bonds is 3. The first-order valence-corrected chi connectivity index (χ1v) is 6.24. The number of benzene rings is 1. The van der Waals surface area contributed by atoms with Crippen LogP contribution in [0.2, 0.25) is 0 Å². The van der Waals surface area contributed by atoms with Gasteiger partial charge in [-0.25, -0.2) is 13.8 Å². The minimum atomic E-state index is -4.59. The lowest BCUT2D eigenvalue weighted by Gasteiger charge is -2.12. The van der Waals surface area contributed by atoms with Crippen molar-refractivity contribution in [2.45, 2.75) is 13.1 Å². The summed E-state index contributed by atoms with van der Waals surface area (Å²) >= 11 is 0. The second-order valence-electron chi connectivity index (χ2n) is 4.56. The third-order valence-electron chi connectivity index (χ3n) is 2.77. The van der Waals surface area contributed by atoms with Crippen LogP contribution in [0.4, 0.5) is 27.8 Å². The normalized spacial score (nSPS) is 11.2. The highest BCUT2D eigenvalue weighted by molar-refractivity contribution is 5.95. The van der Waals surface area contributed by atoms with Crippen molar-refractivity contribution in [1.29, 1.82) is 0 Å². The molecule has 1 amide bonds. The summed E-state index contributed by atoms with van der Waals surface area (Å²) in [5, 5.41) is 0. The number of nitrogens with one attached hydrogen (secondary N) is 2. The number of carbonyl (C=O) groups excluding carboxylic acids is 1. The van der Waals surface area contributed by atoms with Gasteiger partial charge in [-0.15, -0.1) is 0 Å². The summed E-state index contributed by atoms with van der Waals surface area (Å²) in [4.78, 5) is 15.5. The maximum Gasteiger partial charge on any atom is 0.416 e. The van der Waals surface area contributed by atoms with Crippen molar-refractivity contribution < 1.29 is 26.7 Å². The largest absolute Gasteiger partial charge is 0.416 e. The van der Waals surface area contributed by atoms with Gasteiger partial charge in [0.15, 0.2) is 0 Å². The minimum Gasteiger partial charge on any atom is -0.282 e. The Bertz CT molecular complexity index is 725. The first kappa shape index (κ1) is 16.7. The Hall–Kier alpha value is -2.71. The first-order valence-electron chi connectivity index (χ1n) is 6.24. The van der Waals surface area contributed by atoms with Crippen LogP contribution >= 0.6 is 0 Å². The number of hydrogen-bond acceptors (Lipinski definition) is 3. The van der Waals surface area contributed by atoms with E-state index in [1.807, 2.05) is 5.43 Å². The lowest BCUT2D eigenvalue weighted by molar-refractivity contribution is -0.137. The average Bonchev–Trinajstić information content (AvgIpc) is 2.43. The molecule has 23 heavy (non-hydrogen) atoms. The summed E-state index contributed by atoms with van der Waals surface area (Å²) in [6.07, 6.45) is -4.59. The fraction of sp³-hybridized carbons (Fsp3) is 0.143. The Morgan fingerprint density at radius 1 is 1.13 bits per heavy atom. The van der Waals surface area contributed by atoms with E-state index in [4.69, 9.17) is 0 Å². The molecular weight excluding hydrogens is 321 g/mol. The third-order valence-corrected chi connectivity index (χ3v) is 2.77. The molecule has 2 aromatic rings. The van der Waals surface area contributed by atoms with E-state index in [0.29, 0.717) is 6.07 Å². The fourth-order valence-electron chi connectivity index (χ4n) is 1.79. The van der Waals surface area contributed by atoms with Gasteiger partial charge in [-0.05, 0) is 31.2 Å². The monoisotopic (exact) mass is 331 g/mol. The predicted octanol–water partition coefficient (Wildman–Crippen LogP) is 3.44. The van der Waals surface area contributed by atoms with Crippen LogP contribution in [0.25, 0.3) is 0 Å². The predicted molar refractivity (Wildman–Crippen MR) is 71.4 cm³/mol. The van der Waals surface area contributed by atoms with Crippen molar-refractivity contribution in [2.75, 3.05) is 5.43 Å². The molecule has 0 aliphatic rings. The van der Waals surface area contributed by atoms with Crippen LogP contribution in [0, 0.1) is 18.6 Å². The van der Waals surface area contributed by atoms with Gasteiger partial charge in [0.2, 0.25) is 0 Å². The molecule has 2 rings (SSSR count). The standard InChI is InChI=1S/C14H10F5N3O/c1-7-5-8(14(17,18)19)6-11(20-7)21-22-13(23)12-9(15)3-2-4-10(12)16/h2-6H,1H3,(H,20,21)(H,22,23). The first-order chi connectivity index (χ1) is 10.7. The van der Waals surface area contributed by atoms with Gasteiger partial charge in [-0.2, -0.15) is 13.2 Å². The number of aryl methyl sites for hydroxylation is 1. The number of carbonyl (C=O) groups is 1. The zero-order chi connectivity index (χ0) is 17.2. The number of hydrazine groups is 1. The highest BCUT2D eigenvalue weighted by Gasteiger charge is 2.31. The summed E-state index contributed by atoms with van der Waals surface area (Å²) in [6, 6.07) is 4.32. The van der Waals surface area contributed by atoms with Crippen LogP contribution in [0.1, 0.15) is 21.6 Å². The number of nitrogens with zero attached hydrogens (tertiary/aromatic N) is 1. The van der Waals surface area contributed by atoms with Crippen LogP contribution in [-0.2, 0) is 6.18 Å². The van der Waals surface area contributed by atoms with E-state index < -0.39 is 34.8 Å². The Morgan fingerprint density at radius 2 is 1.74 bits per heavy atom. The van der Waals surface area contributed by atoms with Gasteiger partial charge in [0.1, 0.15) is 23.0 Å². The van der Waals surface area contributed by atoms with Gasteiger partial charge >= 0.3 is 6.18 Å². The number of amides is 1. The van der Waals surface area contributed by atoms with E-state index in [1.54, 1.807) is 0 Å². The van der Waals surface area contributed by atoms with Crippen molar-refractivity contribution in [3.63, 3.8) is 0 Å². The molecule has 122 valence electrons. The van der Waals surface area contributed by atoms with E-state index >= 15 is 0 Å². The Balaban J connectivity index is 2.18. The van der Waals surface area contributed by atoms with Crippen LogP contribution in [0.15, 0.2) is 30.3 Å². The molecule has 0 bridgehead atoms. The quantitative estimate of drug-likeness (QED) is 0.669. The number of alkyl halides is 3. The van der Waals surface area contributed by atoms with E-state index in [1.165, 1.54) is 6.92 Å². The van der Waals surface area contributed by atoms with Gasteiger partial charge in [-0.1, -0.05) is 6.07 Å². The lowest BCUT2D eigenvalue weighted by atomic mass is 10.2. The van der Waals surface area contributed by atoms with E-state index in [2.05, 4.69) is 10.4 Å². The van der Waals surface area contributed by atoms with Crippen molar-refractivity contribution >= 4 is 11.7 Å². The highest BCUT2D eigenvalue weighted by Crippen LogP contribution is 2.30. The summed E-state index contributed by atoms with van der Waals surface area (Å²) in [5.41, 5.74) is 2.23. The molecule has 0 saturated heterocycles.